The van der Waals surface area contributed by atoms with Crippen molar-refractivity contribution in [1.29, 1.82) is 0 Å². The van der Waals surface area contributed by atoms with Gasteiger partial charge in [0, 0.05) is 6.07 Å². The predicted molar refractivity (Wildman–Crippen MR) is 58.9 cm³/mol. The van der Waals surface area contributed by atoms with Crippen molar-refractivity contribution in [1.82, 2.24) is 10.5 Å². The highest BCUT2D eigenvalue weighted by Gasteiger charge is 2.21. The minimum absolute atomic E-state index is 0.0461. The Labute approximate surface area is 94.8 Å². The molecule has 0 spiro atoms. The maximum Gasteiger partial charge on any atom is 0.273 e. The molecule has 0 bridgehead atoms. The van der Waals surface area contributed by atoms with Crippen molar-refractivity contribution in [3.05, 3.63) is 18.0 Å². The summed E-state index contributed by atoms with van der Waals surface area (Å²) >= 11 is 0. The van der Waals surface area contributed by atoms with Crippen LogP contribution in [0.3, 0.4) is 0 Å². The zero-order valence-electron chi connectivity index (χ0n) is 9.86. The van der Waals surface area contributed by atoms with Gasteiger partial charge in [-0.1, -0.05) is 25.9 Å². The molecular weight excluding hydrogens is 208 g/mol. The highest BCUT2D eigenvalue weighted by molar-refractivity contribution is 5.92. The van der Waals surface area contributed by atoms with Gasteiger partial charge in [0.25, 0.3) is 5.91 Å². The molecule has 0 aromatic carbocycles. The van der Waals surface area contributed by atoms with Crippen LogP contribution in [0.15, 0.2) is 16.9 Å². The van der Waals surface area contributed by atoms with Crippen LogP contribution in [0, 0.1) is 5.41 Å². The lowest BCUT2D eigenvalue weighted by molar-refractivity contribution is 0.0888. The van der Waals surface area contributed by atoms with Crippen molar-refractivity contribution < 1.29 is 14.4 Å². The molecule has 0 aliphatic rings. The quantitative estimate of drug-likeness (QED) is 0.809. The molecule has 0 fully saturated rings. The monoisotopic (exact) mass is 226 g/mol. The van der Waals surface area contributed by atoms with Crippen molar-refractivity contribution in [2.24, 2.45) is 5.41 Å². The molecule has 0 aliphatic carbocycles. The largest absolute Gasteiger partial charge is 0.394 e. The first-order valence-electron chi connectivity index (χ1n) is 5.24. The molecule has 0 radical (unpaired) electrons. The fraction of sp³-hybridized carbons (Fsp3) is 0.636. The van der Waals surface area contributed by atoms with Crippen molar-refractivity contribution in [3.63, 3.8) is 0 Å². The van der Waals surface area contributed by atoms with Crippen LogP contribution in [0.5, 0.6) is 0 Å². The number of aliphatic hydroxyl groups is 1. The highest BCUT2D eigenvalue weighted by atomic mass is 16.5. The first-order chi connectivity index (χ1) is 7.42. The lowest BCUT2D eigenvalue weighted by atomic mass is 9.88. The molecule has 5 heteroatoms. The van der Waals surface area contributed by atoms with Gasteiger partial charge in [-0.3, -0.25) is 4.79 Å². The third-order valence-corrected chi connectivity index (χ3v) is 2.08. The maximum atomic E-state index is 11.6. The Kier molecular flexibility index (Phi) is 4.06. The van der Waals surface area contributed by atoms with Gasteiger partial charge >= 0.3 is 0 Å². The molecule has 5 nitrogen and oxygen atoms in total. The number of carbonyl (C=O) groups is 1. The molecule has 0 saturated heterocycles. The van der Waals surface area contributed by atoms with Gasteiger partial charge in [0.2, 0.25) is 0 Å². The zero-order valence-corrected chi connectivity index (χ0v) is 9.86. The number of rotatable bonds is 4. The first-order valence-corrected chi connectivity index (χ1v) is 5.24. The molecule has 1 amide bonds. The molecule has 1 rings (SSSR count). The molecule has 90 valence electrons. The second kappa shape index (κ2) is 5.12. The number of aliphatic hydroxyl groups excluding tert-OH is 1. The van der Waals surface area contributed by atoms with Crippen LogP contribution in [0.25, 0.3) is 0 Å². The van der Waals surface area contributed by atoms with Crippen LogP contribution in [0.1, 0.15) is 37.7 Å². The number of amides is 1. The normalized spacial score (nSPS) is 13.5. The number of nitrogens with one attached hydrogen (secondary N) is 1. The lowest BCUT2D eigenvalue weighted by Crippen LogP contribution is -2.40. The summed E-state index contributed by atoms with van der Waals surface area (Å²) in [6.07, 6.45) is 2.04. The van der Waals surface area contributed by atoms with Crippen LogP contribution >= 0.6 is 0 Å². The topological polar surface area (TPSA) is 75.4 Å². The average Bonchev–Trinajstić information content (AvgIpc) is 2.67. The third kappa shape index (κ3) is 4.02. The van der Waals surface area contributed by atoms with E-state index in [0.29, 0.717) is 6.42 Å². The Morgan fingerprint density at radius 1 is 1.62 bits per heavy atom. The van der Waals surface area contributed by atoms with E-state index in [1.807, 2.05) is 0 Å². The van der Waals surface area contributed by atoms with E-state index in [2.05, 4.69) is 35.8 Å². The maximum absolute atomic E-state index is 11.6. The smallest absolute Gasteiger partial charge is 0.273 e. The molecule has 1 heterocycles. The van der Waals surface area contributed by atoms with E-state index >= 15 is 0 Å². The summed E-state index contributed by atoms with van der Waals surface area (Å²) in [6.45, 7) is 6.08. The van der Waals surface area contributed by atoms with Gasteiger partial charge in [-0.2, -0.15) is 0 Å². The van der Waals surface area contributed by atoms with Crippen molar-refractivity contribution in [2.75, 3.05) is 6.61 Å². The number of hydrogen-bond acceptors (Lipinski definition) is 4. The molecule has 0 saturated carbocycles. The molecule has 1 aromatic rings. The summed E-state index contributed by atoms with van der Waals surface area (Å²) in [5.41, 5.74) is 0.275. The van der Waals surface area contributed by atoms with Crippen LogP contribution in [-0.2, 0) is 0 Å². The molecular formula is C11H18N2O3. The summed E-state index contributed by atoms with van der Waals surface area (Å²) in [7, 11) is 0. The molecule has 0 unspecified atom stereocenters. The van der Waals surface area contributed by atoms with Gasteiger partial charge in [-0.15, -0.1) is 0 Å². The molecule has 16 heavy (non-hydrogen) atoms. The van der Waals surface area contributed by atoms with Crippen molar-refractivity contribution >= 4 is 5.91 Å². The molecule has 1 atom stereocenters. The van der Waals surface area contributed by atoms with Crippen molar-refractivity contribution in [2.45, 2.75) is 33.2 Å². The number of hydrogen-bond donors (Lipinski definition) is 2. The minimum atomic E-state index is -0.322. The fourth-order valence-corrected chi connectivity index (χ4v) is 1.49. The summed E-state index contributed by atoms with van der Waals surface area (Å²) in [5.74, 6) is -0.322. The minimum Gasteiger partial charge on any atom is -0.394 e. The van der Waals surface area contributed by atoms with Crippen LogP contribution in [0.4, 0.5) is 0 Å². The number of carbonyl (C=O) groups excluding carboxylic acids is 1. The zero-order chi connectivity index (χ0) is 12.2. The van der Waals surface area contributed by atoms with Gasteiger partial charge in [0.05, 0.1) is 12.6 Å². The fourth-order valence-electron chi connectivity index (χ4n) is 1.49. The van der Waals surface area contributed by atoms with E-state index in [0.717, 1.165) is 0 Å². The van der Waals surface area contributed by atoms with E-state index < -0.39 is 0 Å². The van der Waals surface area contributed by atoms with E-state index in [1.165, 1.54) is 12.3 Å². The van der Waals surface area contributed by atoms with E-state index in [-0.39, 0.29) is 29.7 Å². The Balaban J connectivity index is 2.54. The van der Waals surface area contributed by atoms with Gasteiger partial charge in [0.15, 0.2) is 5.69 Å². The molecule has 2 N–H and O–H groups in total. The van der Waals surface area contributed by atoms with Gasteiger partial charge in [0.1, 0.15) is 6.26 Å². The number of aromatic nitrogens is 1. The summed E-state index contributed by atoms with van der Waals surface area (Å²) in [4.78, 5) is 11.6. The second-order valence-electron chi connectivity index (χ2n) is 5.00. The summed E-state index contributed by atoms with van der Waals surface area (Å²) in [5, 5.41) is 15.4. The second-order valence-corrected chi connectivity index (χ2v) is 5.00. The van der Waals surface area contributed by atoms with E-state index in [9.17, 15) is 9.90 Å². The van der Waals surface area contributed by atoms with Gasteiger partial charge < -0.3 is 14.9 Å². The third-order valence-electron chi connectivity index (χ3n) is 2.08. The summed E-state index contributed by atoms with van der Waals surface area (Å²) < 4.78 is 4.58. The average molecular weight is 226 g/mol. The van der Waals surface area contributed by atoms with Crippen LogP contribution < -0.4 is 5.32 Å². The predicted octanol–water partition coefficient (Wildman–Crippen LogP) is 1.20. The van der Waals surface area contributed by atoms with E-state index in [1.54, 1.807) is 0 Å². The van der Waals surface area contributed by atoms with Crippen molar-refractivity contribution in [3.8, 4) is 0 Å². The van der Waals surface area contributed by atoms with Crippen LogP contribution in [-0.4, -0.2) is 28.8 Å². The number of nitrogens with zero attached hydrogens (tertiary/aromatic N) is 1. The van der Waals surface area contributed by atoms with E-state index in [4.69, 9.17) is 0 Å². The first kappa shape index (κ1) is 12.7. The molecule has 0 aliphatic heterocycles. The highest BCUT2D eigenvalue weighted by Crippen LogP contribution is 2.20. The Bertz CT molecular complexity index is 327. The molecule has 1 aromatic heterocycles. The Morgan fingerprint density at radius 3 is 2.75 bits per heavy atom. The van der Waals surface area contributed by atoms with Gasteiger partial charge in [-0.05, 0) is 11.8 Å². The summed E-state index contributed by atoms with van der Waals surface area (Å²) in [6, 6.07) is 1.23. The Morgan fingerprint density at radius 2 is 2.31 bits per heavy atom. The van der Waals surface area contributed by atoms with Gasteiger partial charge in [-0.25, -0.2) is 0 Å². The Hall–Kier alpha value is -1.36. The lowest BCUT2D eigenvalue weighted by Gasteiger charge is -2.25. The SMILES string of the molecule is CC(C)(C)C[C@H](CO)NC(=O)c1ccon1. The standard InChI is InChI=1S/C11H18N2O3/c1-11(2,3)6-8(7-14)12-10(15)9-4-5-16-13-9/h4-5,8,14H,6-7H2,1-3H3,(H,12,15)/t8-/m1/s1. The van der Waals surface area contributed by atoms with Crippen LogP contribution in [0.2, 0.25) is 0 Å².